The van der Waals surface area contributed by atoms with Crippen molar-refractivity contribution in [1.82, 2.24) is 0 Å². The molecule has 1 atom stereocenters. The van der Waals surface area contributed by atoms with E-state index >= 15 is 0 Å². The van der Waals surface area contributed by atoms with E-state index in [0.29, 0.717) is 25.9 Å². The van der Waals surface area contributed by atoms with Crippen molar-refractivity contribution in [3.8, 4) is 0 Å². The molecule has 0 radical (unpaired) electrons. The number of carbonyl (C=O) groups is 2. The molecule has 0 aliphatic carbocycles. The van der Waals surface area contributed by atoms with E-state index in [4.69, 9.17) is 10.5 Å². The fourth-order valence-corrected chi connectivity index (χ4v) is 2.39. The number of nitrogens with zero attached hydrogens (tertiary/aromatic N) is 1. The van der Waals surface area contributed by atoms with Crippen molar-refractivity contribution in [2.24, 2.45) is 5.73 Å². The van der Waals surface area contributed by atoms with Gasteiger partial charge in [-0.2, -0.15) is 0 Å². The number of hydrogen-bond donors (Lipinski definition) is 1. The number of rotatable bonds is 5. The molecule has 1 aliphatic rings. The molecule has 1 unspecified atom stereocenters. The van der Waals surface area contributed by atoms with E-state index in [0.717, 1.165) is 16.8 Å². The van der Waals surface area contributed by atoms with Crippen LogP contribution in [0, 0.1) is 0 Å². The summed E-state index contributed by atoms with van der Waals surface area (Å²) in [5.41, 5.74) is 8.99. The Bertz CT molecular complexity index is 528. The SMILES string of the molecule is CCOC(=O)CCC(N)c1ccc2c(c1)CC(=O)N2C. The zero-order valence-corrected chi connectivity index (χ0v) is 11.9. The van der Waals surface area contributed by atoms with Crippen LogP contribution in [0.3, 0.4) is 0 Å². The Morgan fingerprint density at radius 3 is 2.95 bits per heavy atom. The molecular formula is C15H20N2O3. The molecule has 108 valence electrons. The zero-order chi connectivity index (χ0) is 14.7. The Balaban J connectivity index is 2.02. The van der Waals surface area contributed by atoms with E-state index in [2.05, 4.69) is 0 Å². The summed E-state index contributed by atoms with van der Waals surface area (Å²) in [6.07, 6.45) is 1.27. The second-order valence-corrected chi connectivity index (χ2v) is 4.97. The number of ether oxygens (including phenoxy) is 1. The van der Waals surface area contributed by atoms with Crippen LogP contribution >= 0.6 is 0 Å². The van der Waals surface area contributed by atoms with E-state index in [9.17, 15) is 9.59 Å². The lowest BCUT2D eigenvalue weighted by Gasteiger charge is -2.14. The topological polar surface area (TPSA) is 72.6 Å². The summed E-state index contributed by atoms with van der Waals surface area (Å²) in [6.45, 7) is 2.17. The third-order valence-corrected chi connectivity index (χ3v) is 3.57. The first-order chi connectivity index (χ1) is 9.52. The summed E-state index contributed by atoms with van der Waals surface area (Å²) in [5, 5.41) is 0. The lowest BCUT2D eigenvalue weighted by Crippen LogP contribution is -2.20. The second-order valence-electron chi connectivity index (χ2n) is 4.97. The quantitative estimate of drug-likeness (QED) is 0.828. The molecule has 2 rings (SSSR count). The van der Waals surface area contributed by atoms with Crippen LogP contribution in [-0.4, -0.2) is 25.5 Å². The molecule has 1 aromatic rings. The first kappa shape index (κ1) is 14.5. The van der Waals surface area contributed by atoms with Crippen molar-refractivity contribution < 1.29 is 14.3 Å². The number of amides is 1. The molecule has 0 saturated heterocycles. The normalized spacial score (nSPS) is 15.2. The summed E-state index contributed by atoms with van der Waals surface area (Å²) in [4.78, 5) is 24.6. The number of benzene rings is 1. The fraction of sp³-hybridized carbons (Fsp3) is 0.467. The van der Waals surface area contributed by atoms with Gasteiger partial charge in [0.05, 0.1) is 13.0 Å². The van der Waals surface area contributed by atoms with Crippen molar-refractivity contribution in [1.29, 1.82) is 0 Å². The summed E-state index contributed by atoms with van der Waals surface area (Å²) in [7, 11) is 1.77. The highest BCUT2D eigenvalue weighted by atomic mass is 16.5. The van der Waals surface area contributed by atoms with Crippen LogP contribution < -0.4 is 10.6 Å². The van der Waals surface area contributed by atoms with Gasteiger partial charge >= 0.3 is 5.97 Å². The minimum absolute atomic E-state index is 0.0947. The summed E-state index contributed by atoms with van der Waals surface area (Å²) in [5.74, 6) is -0.128. The van der Waals surface area contributed by atoms with Crippen molar-refractivity contribution in [3.05, 3.63) is 29.3 Å². The Kier molecular flexibility index (Phi) is 4.39. The summed E-state index contributed by atoms with van der Waals surface area (Å²) in [6, 6.07) is 5.58. The molecule has 5 nitrogen and oxygen atoms in total. The lowest BCUT2D eigenvalue weighted by molar-refractivity contribution is -0.143. The monoisotopic (exact) mass is 276 g/mol. The van der Waals surface area contributed by atoms with Gasteiger partial charge < -0.3 is 15.4 Å². The third-order valence-electron chi connectivity index (χ3n) is 3.57. The average molecular weight is 276 g/mol. The van der Waals surface area contributed by atoms with Crippen LogP contribution in [0.1, 0.15) is 36.9 Å². The number of hydrogen-bond acceptors (Lipinski definition) is 4. The third kappa shape index (κ3) is 2.99. The highest BCUT2D eigenvalue weighted by molar-refractivity contribution is 6.00. The summed E-state index contributed by atoms with van der Waals surface area (Å²) >= 11 is 0. The van der Waals surface area contributed by atoms with Crippen molar-refractivity contribution in [3.63, 3.8) is 0 Å². The lowest BCUT2D eigenvalue weighted by atomic mass is 9.99. The van der Waals surface area contributed by atoms with E-state index in [1.165, 1.54) is 0 Å². The number of nitrogens with two attached hydrogens (primary N) is 1. The Morgan fingerprint density at radius 1 is 1.50 bits per heavy atom. The maximum Gasteiger partial charge on any atom is 0.305 e. The van der Waals surface area contributed by atoms with Crippen molar-refractivity contribution >= 4 is 17.6 Å². The van der Waals surface area contributed by atoms with Gasteiger partial charge in [0, 0.05) is 25.2 Å². The Labute approximate surface area is 118 Å². The fourth-order valence-electron chi connectivity index (χ4n) is 2.39. The average Bonchev–Trinajstić information content (AvgIpc) is 2.71. The molecule has 1 heterocycles. The van der Waals surface area contributed by atoms with E-state index in [1.54, 1.807) is 18.9 Å². The molecule has 0 saturated carbocycles. The van der Waals surface area contributed by atoms with Crippen LogP contribution in [0.5, 0.6) is 0 Å². The molecule has 0 spiro atoms. The zero-order valence-electron chi connectivity index (χ0n) is 11.9. The van der Waals surface area contributed by atoms with Gasteiger partial charge in [-0.15, -0.1) is 0 Å². The van der Waals surface area contributed by atoms with Gasteiger partial charge in [-0.05, 0) is 30.5 Å². The second kappa shape index (κ2) is 6.05. The maximum absolute atomic E-state index is 11.6. The molecule has 0 fully saturated rings. The first-order valence-corrected chi connectivity index (χ1v) is 6.83. The maximum atomic E-state index is 11.6. The van der Waals surface area contributed by atoms with Crippen LogP contribution in [0.2, 0.25) is 0 Å². The van der Waals surface area contributed by atoms with Crippen LogP contribution in [0.25, 0.3) is 0 Å². The molecule has 1 aliphatic heterocycles. The Hall–Kier alpha value is -1.88. The largest absolute Gasteiger partial charge is 0.466 e. The standard InChI is InChI=1S/C15H20N2O3/c1-3-20-15(19)7-5-12(16)10-4-6-13-11(8-10)9-14(18)17(13)2/h4,6,8,12H,3,5,7,9,16H2,1-2H3. The molecule has 1 aromatic carbocycles. The number of esters is 1. The van der Waals surface area contributed by atoms with Gasteiger partial charge in [-0.3, -0.25) is 9.59 Å². The molecule has 1 amide bonds. The predicted octanol–water partition coefficient (Wildman–Crippen LogP) is 1.55. The van der Waals surface area contributed by atoms with E-state index in [1.807, 2.05) is 18.2 Å². The number of fused-ring (bicyclic) bond motifs is 1. The predicted molar refractivity (Wildman–Crippen MR) is 76.4 cm³/mol. The molecule has 0 aromatic heterocycles. The van der Waals surface area contributed by atoms with Crippen LogP contribution in [-0.2, 0) is 20.7 Å². The van der Waals surface area contributed by atoms with Gasteiger partial charge in [-0.1, -0.05) is 12.1 Å². The molecule has 20 heavy (non-hydrogen) atoms. The van der Waals surface area contributed by atoms with Crippen molar-refractivity contribution in [2.45, 2.75) is 32.2 Å². The van der Waals surface area contributed by atoms with Gasteiger partial charge in [0.25, 0.3) is 0 Å². The van der Waals surface area contributed by atoms with Gasteiger partial charge in [-0.25, -0.2) is 0 Å². The van der Waals surface area contributed by atoms with Gasteiger partial charge in [0.15, 0.2) is 0 Å². The molecular weight excluding hydrogens is 256 g/mol. The minimum atomic E-state index is -0.223. The number of carbonyl (C=O) groups excluding carboxylic acids is 2. The Morgan fingerprint density at radius 2 is 2.25 bits per heavy atom. The smallest absolute Gasteiger partial charge is 0.305 e. The van der Waals surface area contributed by atoms with E-state index in [-0.39, 0.29) is 17.9 Å². The highest BCUT2D eigenvalue weighted by Gasteiger charge is 2.24. The van der Waals surface area contributed by atoms with Gasteiger partial charge in [0.2, 0.25) is 5.91 Å². The van der Waals surface area contributed by atoms with Crippen molar-refractivity contribution in [2.75, 3.05) is 18.6 Å². The molecule has 2 N–H and O–H groups in total. The van der Waals surface area contributed by atoms with E-state index < -0.39 is 0 Å². The molecule has 0 bridgehead atoms. The van der Waals surface area contributed by atoms with Gasteiger partial charge in [0.1, 0.15) is 0 Å². The minimum Gasteiger partial charge on any atom is -0.466 e. The highest BCUT2D eigenvalue weighted by Crippen LogP contribution is 2.30. The first-order valence-electron chi connectivity index (χ1n) is 6.83. The number of anilines is 1. The summed E-state index contributed by atoms with van der Waals surface area (Å²) < 4.78 is 4.88. The molecule has 5 heteroatoms. The van der Waals surface area contributed by atoms with Crippen LogP contribution in [0.15, 0.2) is 18.2 Å². The number of likely N-dealkylation sites (N-methyl/N-ethyl adjacent to an activating group) is 1. The van der Waals surface area contributed by atoms with Crippen LogP contribution in [0.4, 0.5) is 5.69 Å².